The number of hydroxylamine groups is 1. The van der Waals surface area contributed by atoms with Crippen LogP contribution in [0.2, 0.25) is 0 Å². The predicted octanol–water partition coefficient (Wildman–Crippen LogP) is 2.04. The number of hydrogen-bond donors (Lipinski definition) is 3. The summed E-state index contributed by atoms with van der Waals surface area (Å²) in [6.45, 7) is 0.270. The van der Waals surface area contributed by atoms with Crippen molar-refractivity contribution in [3.63, 3.8) is 0 Å². The van der Waals surface area contributed by atoms with Crippen LogP contribution < -0.4 is 16.5 Å². The number of rotatable bonds is 5. The van der Waals surface area contributed by atoms with E-state index in [0.29, 0.717) is 11.3 Å². The van der Waals surface area contributed by atoms with Crippen molar-refractivity contribution in [1.82, 2.24) is 5.48 Å². The first-order valence-corrected chi connectivity index (χ1v) is 6.28. The van der Waals surface area contributed by atoms with E-state index in [9.17, 15) is 9.59 Å². The van der Waals surface area contributed by atoms with Gasteiger partial charge in [0.2, 0.25) is 0 Å². The Morgan fingerprint density at radius 1 is 1.05 bits per heavy atom. The highest BCUT2D eigenvalue weighted by molar-refractivity contribution is 5.96. The van der Waals surface area contributed by atoms with Crippen LogP contribution in [0, 0.1) is 0 Å². The molecule has 0 atom stereocenters. The van der Waals surface area contributed by atoms with Crippen LogP contribution in [0.4, 0.5) is 10.5 Å². The molecular formula is C15H15N3O3. The number of carbonyl (C=O) groups is 2. The number of nitrogens with two attached hydrogens (primary N) is 1. The topological polar surface area (TPSA) is 93.5 Å². The number of primary amides is 1. The highest BCUT2D eigenvalue weighted by atomic mass is 16.6. The molecule has 0 aliphatic carbocycles. The average molecular weight is 285 g/mol. The van der Waals surface area contributed by atoms with Gasteiger partial charge in [-0.1, -0.05) is 36.4 Å². The third kappa shape index (κ3) is 4.63. The SMILES string of the molecule is NC(=O)Nc1cccc(C(=O)NOCc2ccccc2)c1. The van der Waals surface area contributed by atoms with Crippen molar-refractivity contribution in [2.24, 2.45) is 5.73 Å². The number of amides is 3. The minimum absolute atomic E-state index is 0.270. The summed E-state index contributed by atoms with van der Waals surface area (Å²) in [6, 6.07) is 15.2. The van der Waals surface area contributed by atoms with E-state index in [1.54, 1.807) is 18.2 Å². The maximum Gasteiger partial charge on any atom is 0.316 e. The first-order valence-electron chi connectivity index (χ1n) is 6.28. The molecule has 2 rings (SSSR count). The molecule has 3 amide bonds. The molecule has 2 aromatic rings. The molecule has 0 saturated heterocycles. The summed E-state index contributed by atoms with van der Waals surface area (Å²) in [6.07, 6.45) is 0. The second-order valence-electron chi connectivity index (χ2n) is 4.28. The van der Waals surface area contributed by atoms with E-state index < -0.39 is 11.9 Å². The molecule has 0 aromatic heterocycles. The summed E-state index contributed by atoms with van der Waals surface area (Å²) < 4.78 is 0. The minimum atomic E-state index is -0.687. The molecule has 0 spiro atoms. The zero-order valence-corrected chi connectivity index (χ0v) is 11.2. The molecule has 0 aliphatic rings. The van der Waals surface area contributed by atoms with Crippen LogP contribution in [-0.2, 0) is 11.4 Å². The van der Waals surface area contributed by atoms with Crippen molar-refractivity contribution in [1.29, 1.82) is 0 Å². The number of carbonyl (C=O) groups excluding carboxylic acids is 2. The molecule has 4 N–H and O–H groups in total. The Morgan fingerprint density at radius 3 is 2.52 bits per heavy atom. The van der Waals surface area contributed by atoms with E-state index in [1.807, 2.05) is 30.3 Å². The van der Waals surface area contributed by atoms with Gasteiger partial charge in [0.25, 0.3) is 5.91 Å². The Kier molecular flexibility index (Phi) is 4.89. The van der Waals surface area contributed by atoms with Gasteiger partial charge < -0.3 is 11.1 Å². The summed E-state index contributed by atoms with van der Waals surface area (Å²) in [5.41, 5.74) is 9.11. The van der Waals surface area contributed by atoms with Crippen LogP contribution >= 0.6 is 0 Å². The molecule has 0 aliphatic heterocycles. The highest BCUT2D eigenvalue weighted by Gasteiger charge is 2.07. The molecule has 6 heteroatoms. The van der Waals surface area contributed by atoms with Crippen LogP contribution in [-0.4, -0.2) is 11.9 Å². The molecule has 6 nitrogen and oxygen atoms in total. The lowest BCUT2D eigenvalue weighted by atomic mass is 10.2. The standard InChI is InChI=1S/C15H15N3O3/c16-15(20)17-13-8-4-7-12(9-13)14(19)18-21-10-11-5-2-1-3-6-11/h1-9H,10H2,(H,18,19)(H3,16,17,20). The van der Waals surface area contributed by atoms with E-state index in [4.69, 9.17) is 10.6 Å². The summed E-state index contributed by atoms with van der Waals surface area (Å²) in [5, 5.41) is 2.40. The highest BCUT2D eigenvalue weighted by Crippen LogP contribution is 2.10. The van der Waals surface area contributed by atoms with Crippen molar-refractivity contribution in [2.75, 3.05) is 5.32 Å². The van der Waals surface area contributed by atoms with Crippen LogP contribution in [0.5, 0.6) is 0 Å². The molecule has 0 heterocycles. The van der Waals surface area contributed by atoms with Gasteiger partial charge in [-0.15, -0.1) is 0 Å². The van der Waals surface area contributed by atoms with E-state index in [2.05, 4.69) is 10.8 Å². The predicted molar refractivity (Wildman–Crippen MR) is 78.3 cm³/mol. The minimum Gasteiger partial charge on any atom is -0.351 e. The smallest absolute Gasteiger partial charge is 0.316 e. The number of anilines is 1. The molecule has 0 unspecified atom stereocenters. The lowest BCUT2D eigenvalue weighted by molar-refractivity contribution is 0.0233. The van der Waals surface area contributed by atoms with Gasteiger partial charge in [0.1, 0.15) is 0 Å². The lowest BCUT2D eigenvalue weighted by Gasteiger charge is -2.07. The van der Waals surface area contributed by atoms with Crippen molar-refractivity contribution in [3.05, 3.63) is 65.7 Å². The molecule has 21 heavy (non-hydrogen) atoms. The molecule has 2 aromatic carbocycles. The van der Waals surface area contributed by atoms with Crippen molar-refractivity contribution in [2.45, 2.75) is 6.61 Å². The maximum atomic E-state index is 11.9. The summed E-state index contributed by atoms with van der Waals surface area (Å²) in [7, 11) is 0. The Balaban J connectivity index is 1.89. The third-order valence-electron chi connectivity index (χ3n) is 2.64. The van der Waals surface area contributed by atoms with Crippen LogP contribution in [0.15, 0.2) is 54.6 Å². The van der Waals surface area contributed by atoms with Crippen LogP contribution in [0.3, 0.4) is 0 Å². The second-order valence-corrected chi connectivity index (χ2v) is 4.28. The van der Waals surface area contributed by atoms with Gasteiger partial charge in [0.15, 0.2) is 0 Å². The van der Waals surface area contributed by atoms with Gasteiger partial charge in [-0.05, 0) is 23.8 Å². The Labute approximate surface area is 121 Å². The lowest BCUT2D eigenvalue weighted by Crippen LogP contribution is -2.24. The van der Waals surface area contributed by atoms with Crippen molar-refractivity contribution >= 4 is 17.6 Å². The monoisotopic (exact) mass is 285 g/mol. The van der Waals surface area contributed by atoms with E-state index >= 15 is 0 Å². The van der Waals surface area contributed by atoms with E-state index in [0.717, 1.165) is 5.56 Å². The van der Waals surface area contributed by atoms with Gasteiger partial charge in [-0.2, -0.15) is 0 Å². The van der Waals surface area contributed by atoms with Gasteiger partial charge >= 0.3 is 6.03 Å². The zero-order valence-electron chi connectivity index (χ0n) is 11.2. The van der Waals surface area contributed by atoms with E-state index in [-0.39, 0.29) is 6.61 Å². The number of nitrogens with one attached hydrogen (secondary N) is 2. The summed E-state index contributed by atoms with van der Waals surface area (Å²) in [4.78, 5) is 27.8. The summed E-state index contributed by atoms with van der Waals surface area (Å²) in [5.74, 6) is -0.404. The molecule has 0 radical (unpaired) electrons. The molecular weight excluding hydrogens is 270 g/mol. The van der Waals surface area contributed by atoms with Gasteiger partial charge in [0.05, 0.1) is 6.61 Å². The molecule has 0 fully saturated rings. The number of hydrogen-bond acceptors (Lipinski definition) is 3. The van der Waals surface area contributed by atoms with Gasteiger partial charge in [0, 0.05) is 11.3 Å². The largest absolute Gasteiger partial charge is 0.351 e. The molecule has 108 valence electrons. The Bertz CT molecular complexity index is 629. The number of urea groups is 1. The summed E-state index contributed by atoms with van der Waals surface area (Å²) >= 11 is 0. The van der Waals surface area contributed by atoms with Gasteiger partial charge in [-0.25, -0.2) is 10.3 Å². The fourth-order valence-corrected chi connectivity index (χ4v) is 1.70. The fraction of sp³-hybridized carbons (Fsp3) is 0.0667. The second kappa shape index (κ2) is 7.06. The Hall–Kier alpha value is -2.86. The fourth-order valence-electron chi connectivity index (χ4n) is 1.70. The van der Waals surface area contributed by atoms with Crippen molar-refractivity contribution in [3.8, 4) is 0 Å². The van der Waals surface area contributed by atoms with Gasteiger partial charge in [-0.3, -0.25) is 9.63 Å². The van der Waals surface area contributed by atoms with Crippen LogP contribution in [0.1, 0.15) is 15.9 Å². The Morgan fingerprint density at radius 2 is 1.81 bits per heavy atom. The van der Waals surface area contributed by atoms with Crippen molar-refractivity contribution < 1.29 is 14.4 Å². The molecule has 0 saturated carbocycles. The third-order valence-corrected chi connectivity index (χ3v) is 2.64. The first-order chi connectivity index (χ1) is 10.1. The zero-order chi connectivity index (χ0) is 15.1. The molecule has 0 bridgehead atoms. The number of benzene rings is 2. The maximum absolute atomic E-state index is 11.9. The van der Waals surface area contributed by atoms with E-state index in [1.165, 1.54) is 6.07 Å². The first kappa shape index (κ1) is 14.5. The van der Waals surface area contributed by atoms with Crippen LogP contribution in [0.25, 0.3) is 0 Å². The average Bonchev–Trinajstić information content (AvgIpc) is 2.48. The quantitative estimate of drug-likeness (QED) is 0.734. The normalized spacial score (nSPS) is 9.90.